The molecule has 2 N–H and O–H groups in total. The van der Waals surface area contributed by atoms with E-state index in [0.717, 1.165) is 5.56 Å². The maximum Gasteiger partial charge on any atom is 0.274 e. The predicted molar refractivity (Wildman–Crippen MR) is 103 cm³/mol. The Hall–Kier alpha value is -4.01. The van der Waals surface area contributed by atoms with Crippen LogP contribution >= 0.6 is 0 Å². The first-order chi connectivity index (χ1) is 14.1. The number of hydrogen-bond acceptors (Lipinski definition) is 6. The van der Waals surface area contributed by atoms with Crippen LogP contribution in [0.4, 0.5) is 5.69 Å². The van der Waals surface area contributed by atoms with Crippen molar-refractivity contribution in [1.82, 2.24) is 24.8 Å². The third kappa shape index (κ3) is 3.02. The quantitative estimate of drug-likeness (QED) is 0.519. The second-order valence-corrected chi connectivity index (χ2v) is 6.84. The van der Waals surface area contributed by atoms with Gasteiger partial charge in [-0.15, -0.1) is 0 Å². The van der Waals surface area contributed by atoms with Gasteiger partial charge in [-0.1, -0.05) is 23.4 Å². The molecule has 29 heavy (non-hydrogen) atoms. The molecule has 1 aliphatic heterocycles. The van der Waals surface area contributed by atoms with Gasteiger partial charge in [-0.3, -0.25) is 14.0 Å². The lowest BCUT2D eigenvalue weighted by molar-refractivity contribution is -0.128. The summed E-state index contributed by atoms with van der Waals surface area (Å²) < 4.78 is 6.98. The largest absolute Gasteiger partial charge is 0.344 e. The summed E-state index contributed by atoms with van der Waals surface area (Å²) in [5, 5.41) is 9.62. The zero-order valence-corrected chi connectivity index (χ0v) is 15.4. The fourth-order valence-electron chi connectivity index (χ4n) is 3.18. The van der Waals surface area contributed by atoms with Gasteiger partial charge in [-0.2, -0.15) is 4.98 Å². The van der Waals surface area contributed by atoms with E-state index in [0.29, 0.717) is 40.7 Å². The number of carbonyl (C=O) groups excluding carboxylic acids is 2. The first-order valence-electron chi connectivity index (χ1n) is 9.06. The Morgan fingerprint density at radius 2 is 2.17 bits per heavy atom. The number of anilines is 1. The Kier molecular flexibility index (Phi) is 3.87. The van der Waals surface area contributed by atoms with Crippen molar-refractivity contribution in [1.29, 1.82) is 0 Å². The molecule has 4 heterocycles. The molecule has 1 aliphatic rings. The minimum atomic E-state index is -0.269. The average molecular weight is 388 g/mol. The summed E-state index contributed by atoms with van der Waals surface area (Å²) in [7, 11) is 0. The highest BCUT2D eigenvalue weighted by Gasteiger charge is 2.31. The number of nitrogens with one attached hydrogen (secondary N) is 2. The van der Waals surface area contributed by atoms with Crippen LogP contribution in [0.2, 0.25) is 0 Å². The maximum atomic E-state index is 12.8. The van der Waals surface area contributed by atoms with Gasteiger partial charge in [-0.05, 0) is 30.7 Å². The molecule has 1 fully saturated rings. The summed E-state index contributed by atoms with van der Waals surface area (Å²) in [6.07, 6.45) is 3.68. The monoisotopic (exact) mass is 388 g/mol. The van der Waals surface area contributed by atoms with E-state index in [9.17, 15) is 9.59 Å². The van der Waals surface area contributed by atoms with Crippen molar-refractivity contribution >= 4 is 23.1 Å². The van der Waals surface area contributed by atoms with E-state index in [1.54, 1.807) is 22.9 Å². The van der Waals surface area contributed by atoms with Crippen LogP contribution in [0.3, 0.4) is 0 Å². The summed E-state index contributed by atoms with van der Waals surface area (Å²) in [5.74, 6) is 0.459. The van der Waals surface area contributed by atoms with Gasteiger partial charge in [0.1, 0.15) is 17.4 Å². The lowest BCUT2D eigenvalue weighted by Gasteiger charge is -2.22. The van der Waals surface area contributed by atoms with Crippen molar-refractivity contribution < 1.29 is 14.1 Å². The molecule has 0 spiro atoms. The number of nitrogens with zero attached hydrogens (tertiary/aromatic N) is 4. The van der Waals surface area contributed by atoms with Crippen molar-refractivity contribution in [2.45, 2.75) is 19.4 Å². The second kappa shape index (κ2) is 6.55. The molecule has 4 aromatic rings. The number of aryl methyl sites for hydroxylation is 1. The van der Waals surface area contributed by atoms with Crippen LogP contribution in [0.1, 0.15) is 34.4 Å². The Bertz CT molecular complexity index is 1250. The molecule has 9 heteroatoms. The smallest absolute Gasteiger partial charge is 0.274 e. The van der Waals surface area contributed by atoms with E-state index >= 15 is 0 Å². The highest BCUT2D eigenvalue weighted by molar-refractivity contribution is 6.04. The van der Waals surface area contributed by atoms with E-state index < -0.39 is 0 Å². The van der Waals surface area contributed by atoms with Crippen LogP contribution in [-0.4, -0.2) is 31.3 Å². The molecule has 0 bridgehead atoms. The normalized spacial score (nSPS) is 15.8. The van der Waals surface area contributed by atoms with Crippen LogP contribution in [0.25, 0.3) is 17.0 Å². The van der Waals surface area contributed by atoms with Gasteiger partial charge in [-0.25, -0.2) is 4.98 Å². The standard InChI is InChI=1S/C20H16N6O3/c1-11-5-6-12(18-24-20(29-25-18)14-9-17(27)22-14)8-13(11)23-19(28)15-10-21-16-4-2-3-7-26(15)16/h2-8,10,14H,9H2,1H3,(H,22,27)(H,23,28)/t14-/m0/s1. The van der Waals surface area contributed by atoms with Gasteiger partial charge in [0.25, 0.3) is 5.91 Å². The molecule has 1 saturated heterocycles. The number of hydrogen-bond donors (Lipinski definition) is 2. The van der Waals surface area contributed by atoms with Gasteiger partial charge >= 0.3 is 0 Å². The van der Waals surface area contributed by atoms with Crippen LogP contribution in [0, 0.1) is 6.92 Å². The minimum absolute atomic E-state index is 0.0394. The number of fused-ring (bicyclic) bond motifs is 1. The van der Waals surface area contributed by atoms with Gasteiger partial charge < -0.3 is 15.2 Å². The molecule has 0 saturated carbocycles. The van der Waals surface area contributed by atoms with Crippen molar-refractivity contribution in [3.05, 3.63) is 65.9 Å². The predicted octanol–water partition coefficient (Wildman–Crippen LogP) is 2.51. The molecule has 3 aromatic heterocycles. The van der Waals surface area contributed by atoms with Crippen molar-refractivity contribution in [3.63, 3.8) is 0 Å². The number of benzene rings is 1. The Labute approximate surface area is 164 Å². The third-order valence-corrected chi connectivity index (χ3v) is 4.86. The lowest BCUT2D eigenvalue weighted by Crippen LogP contribution is -2.41. The van der Waals surface area contributed by atoms with Crippen LogP contribution in [0.5, 0.6) is 0 Å². The van der Waals surface area contributed by atoms with Crippen molar-refractivity contribution in [2.75, 3.05) is 5.32 Å². The summed E-state index contributed by atoms with van der Waals surface area (Å²) in [4.78, 5) is 32.5. The van der Waals surface area contributed by atoms with E-state index in [2.05, 4.69) is 25.8 Å². The molecule has 0 aliphatic carbocycles. The maximum absolute atomic E-state index is 12.8. The number of imidazole rings is 1. The molecular weight excluding hydrogens is 372 g/mol. The Balaban J connectivity index is 1.41. The molecule has 1 aromatic carbocycles. The van der Waals surface area contributed by atoms with Crippen LogP contribution in [0.15, 0.2) is 53.3 Å². The number of β-lactam (4-membered cyclic amide) rings is 1. The molecule has 5 rings (SSSR count). The fourth-order valence-corrected chi connectivity index (χ4v) is 3.18. The summed E-state index contributed by atoms with van der Waals surface area (Å²) in [6.45, 7) is 1.90. The third-order valence-electron chi connectivity index (χ3n) is 4.86. The van der Waals surface area contributed by atoms with E-state index in [1.807, 2.05) is 37.3 Å². The number of amides is 2. The molecule has 9 nitrogen and oxygen atoms in total. The van der Waals surface area contributed by atoms with Crippen molar-refractivity contribution in [2.24, 2.45) is 0 Å². The van der Waals surface area contributed by atoms with Crippen molar-refractivity contribution in [3.8, 4) is 11.4 Å². The summed E-state index contributed by atoms with van der Waals surface area (Å²) in [6, 6.07) is 10.8. The zero-order chi connectivity index (χ0) is 20.0. The molecule has 0 unspecified atom stereocenters. The highest BCUT2D eigenvalue weighted by Crippen LogP contribution is 2.27. The summed E-state index contributed by atoms with van der Waals surface area (Å²) in [5.41, 5.74) is 3.37. The molecule has 2 amide bonds. The van der Waals surface area contributed by atoms with E-state index in [4.69, 9.17) is 4.52 Å². The number of pyridine rings is 1. The minimum Gasteiger partial charge on any atom is -0.344 e. The Morgan fingerprint density at radius 1 is 1.31 bits per heavy atom. The molecular formula is C20H16N6O3. The van der Waals surface area contributed by atoms with Crippen LogP contribution < -0.4 is 10.6 Å². The van der Waals surface area contributed by atoms with Gasteiger partial charge in [0, 0.05) is 17.4 Å². The first kappa shape index (κ1) is 17.1. The topological polar surface area (TPSA) is 114 Å². The fraction of sp³-hybridized carbons (Fsp3) is 0.150. The Morgan fingerprint density at radius 3 is 3.00 bits per heavy atom. The first-order valence-corrected chi connectivity index (χ1v) is 9.06. The van der Waals surface area contributed by atoms with Gasteiger partial charge in [0.2, 0.25) is 17.6 Å². The van der Waals surface area contributed by atoms with Gasteiger partial charge in [0.05, 0.1) is 12.6 Å². The van der Waals surface area contributed by atoms with Gasteiger partial charge in [0.15, 0.2) is 0 Å². The molecule has 0 radical (unpaired) electrons. The average Bonchev–Trinajstić information content (AvgIpc) is 3.34. The number of carbonyl (C=O) groups is 2. The SMILES string of the molecule is Cc1ccc(-c2noc([C@@H]3CC(=O)N3)n2)cc1NC(=O)c1cnc2ccccn12. The van der Waals surface area contributed by atoms with E-state index in [1.165, 1.54) is 0 Å². The number of rotatable bonds is 4. The summed E-state index contributed by atoms with van der Waals surface area (Å²) >= 11 is 0. The highest BCUT2D eigenvalue weighted by atomic mass is 16.5. The van der Waals surface area contributed by atoms with E-state index in [-0.39, 0.29) is 17.9 Å². The number of aromatic nitrogens is 4. The van der Waals surface area contributed by atoms with Crippen LogP contribution in [-0.2, 0) is 4.79 Å². The molecule has 144 valence electrons. The lowest BCUT2D eigenvalue weighted by atomic mass is 10.1. The molecule has 1 atom stereocenters. The zero-order valence-electron chi connectivity index (χ0n) is 15.4. The second-order valence-electron chi connectivity index (χ2n) is 6.84.